The summed E-state index contributed by atoms with van der Waals surface area (Å²) < 4.78 is 40.9. The Labute approximate surface area is 174 Å². The molecule has 0 N–H and O–H groups in total. The molecule has 0 radical (unpaired) electrons. The van der Waals surface area contributed by atoms with Gasteiger partial charge in [0.2, 0.25) is 0 Å². The van der Waals surface area contributed by atoms with Crippen LogP contribution in [0.2, 0.25) is 0 Å². The molecule has 5 heteroatoms. The van der Waals surface area contributed by atoms with E-state index in [1.165, 1.54) is 23.3 Å². The predicted molar refractivity (Wildman–Crippen MR) is 113 cm³/mol. The third kappa shape index (κ3) is 4.40. The Morgan fingerprint density at radius 3 is 2.07 bits per heavy atom. The Morgan fingerprint density at radius 2 is 1.47 bits per heavy atom. The molecule has 1 heterocycles. The number of aryl methyl sites for hydroxylation is 1. The fraction of sp³-hybridized carbons (Fsp3) is 0.240. The number of ether oxygens (including phenoxy) is 1. The van der Waals surface area contributed by atoms with Crippen LogP contribution in [-0.4, -0.2) is 12.1 Å². The highest BCUT2D eigenvalue weighted by atomic mass is 19.4. The second-order valence-electron chi connectivity index (χ2n) is 7.71. The third-order valence-corrected chi connectivity index (χ3v) is 5.48. The predicted octanol–water partition coefficient (Wildman–Crippen LogP) is 7.13. The molecule has 3 aromatic carbocycles. The van der Waals surface area contributed by atoms with E-state index in [0.29, 0.717) is 5.92 Å². The van der Waals surface area contributed by atoms with Gasteiger partial charge in [-0.1, -0.05) is 67.6 Å². The van der Waals surface area contributed by atoms with Gasteiger partial charge >= 0.3 is 6.36 Å². The summed E-state index contributed by atoms with van der Waals surface area (Å²) in [5.41, 5.74) is 6.51. The van der Waals surface area contributed by atoms with Crippen molar-refractivity contribution >= 4 is 5.71 Å². The van der Waals surface area contributed by atoms with Crippen molar-refractivity contribution in [3.8, 4) is 16.9 Å². The lowest BCUT2D eigenvalue weighted by atomic mass is 9.91. The van der Waals surface area contributed by atoms with Gasteiger partial charge < -0.3 is 4.74 Å². The van der Waals surface area contributed by atoms with Crippen molar-refractivity contribution in [1.29, 1.82) is 0 Å². The number of hydrogen-bond acceptors (Lipinski definition) is 2. The Morgan fingerprint density at radius 1 is 0.867 bits per heavy atom. The van der Waals surface area contributed by atoms with Crippen molar-refractivity contribution in [2.75, 3.05) is 0 Å². The summed E-state index contributed by atoms with van der Waals surface area (Å²) in [6.45, 7) is 4.32. The number of halogens is 3. The van der Waals surface area contributed by atoms with Crippen LogP contribution in [0.3, 0.4) is 0 Å². The van der Waals surface area contributed by atoms with Gasteiger partial charge in [-0.05, 0) is 59.2 Å². The van der Waals surface area contributed by atoms with Gasteiger partial charge in [0, 0.05) is 5.71 Å². The maximum absolute atomic E-state index is 12.3. The Kier molecular flexibility index (Phi) is 5.37. The fourth-order valence-corrected chi connectivity index (χ4v) is 3.97. The summed E-state index contributed by atoms with van der Waals surface area (Å²) in [6.07, 6.45) is -3.74. The summed E-state index contributed by atoms with van der Waals surface area (Å²) in [4.78, 5) is 5.01. The monoisotopic (exact) mass is 409 g/mol. The first kappa shape index (κ1) is 20.2. The van der Waals surface area contributed by atoms with Crippen LogP contribution in [0.15, 0.2) is 77.8 Å². The largest absolute Gasteiger partial charge is 0.573 e. The van der Waals surface area contributed by atoms with E-state index < -0.39 is 6.36 Å². The molecule has 0 aliphatic carbocycles. The third-order valence-electron chi connectivity index (χ3n) is 5.48. The fourth-order valence-electron chi connectivity index (χ4n) is 3.97. The molecule has 0 spiro atoms. The van der Waals surface area contributed by atoms with E-state index in [9.17, 15) is 13.2 Å². The summed E-state index contributed by atoms with van der Waals surface area (Å²) in [5, 5.41) is 0. The van der Waals surface area contributed by atoms with E-state index in [4.69, 9.17) is 4.99 Å². The molecule has 0 aromatic heterocycles. The molecule has 0 saturated carbocycles. The average Bonchev–Trinajstić information content (AvgIpc) is 3.09. The van der Waals surface area contributed by atoms with Crippen LogP contribution in [0.25, 0.3) is 11.1 Å². The zero-order valence-corrected chi connectivity index (χ0v) is 16.8. The Balaban J connectivity index is 1.53. The van der Waals surface area contributed by atoms with Gasteiger partial charge in [0.15, 0.2) is 0 Å². The van der Waals surface area contributed by atoms with Gasteiger partial charge in [-0.2, -0.15) is 0 Å². The lowest BCUT2D eigenvalue weighted by Crippen LogP contribution is -2.16. The minimum absolute atomic E-state index is 0.108. The molecule has 2 atom stereocenters. The molecule has 0 fully saturated rings. The maximum atomic E-state index is 12.3. The molecule has 4 rings (SSSR count). The standard InChI is InChI=1S/C25H22F3NO/c1-16-5-3-4-6-22(16)23-15-17(2)24(29-23)20-9-7-18(8-10-20)19-11-13-21(14-12-19)30-25(26,27)28/h3-14,17,24H,15H2,1-2H3. The molecule has 30 heavy (non-hydrogen) atoms. The van der Waals surface area contributed by atoms with E-state index in [-0.39, 0.29) is 11.8 Å². The second kappa shape index (κ2) is 7.98. The quantitative estimate of drug-likeness (QED) is 0.449. The lowest BCUT2D eigenvalue weighted by molar-refractivity contribution is -0.274. The van der Waals surface area contributed by atoms with Crippen LogP contribution in [0.4, 0.5) is 13.2 Å². The number of benzene rings is 3. The number of nitrogens with zero attached hydrogens (tertiary/aromatic N) is 1. The van der Waals surface area contributed by atoms with Crippen molar-refractivity contribution in [3.05, 3.63) is 89.5 Å². The second-order valence-corrected chi connectivity index (χ2v) is 7.71. The van der Waals surface area contributed by atoms with Crippen LogP contribution in [0.5, 0.6) is 5.75 Å². The molecule has 3 aromatic rings. The molecule has 2 unspecified atom stereocenters. The van der Waals surface area contributed by atoms with Gasteiger partial charge in [0.05, 0.1) is 6.04 Å². The molecular weight excluding hydrogens is 387 g/mol. The molecule has 1 aliphatic rings. The van der Waals surface area contributed by atoms with Crippen LogP contribution in [-0.2, 0) is 0 Å². The van der Waals surface area contributed by atoms with Crippen molar-refractivity contribution < 1.29 is 17.9 Å². The number of hydrogen-bond donors (Lipinski definition) is 0. The molecule has 154 valence electrons. The van der Waals surface area contributed by atoms with Crippen molar-refractivity contribution in [3.63, 3.8) is 0 Å². The van der Waals surface area contributed by atoms with Gasteiger partial charge in [-0.3, -0.25) is 4.99 Å². The Hall–Kier alpha value is -3.08. The summed E-state index contributed by atoms with van der Waals surface area (Å²) in [5.74, 6) is 0.185. The number of rotatable bonds is 4. The van der Waals surface area contributed by atoms with Gasteiger partial charge in [0.1, 0.15) is 5.75 Å². The minimum atomic E-state index is -4.68. The molecule has 0 amide bonds. The molecule has 0 saturated heterocycles. The van der Waals surface area contributed by atoms with E-state index >= 15 is 0 Å². The number of aliphatic imine (C=N–C) groups is 1. The summed E-state index contributed by atoms with van der Waals surface area (Å²) >= 11 is 0. The van der Waals surface area contributed by atoms with Crippen LogP contribution < -0.4 is 4.74 Å². The van der Waals surface area contributed by atoms with Crippen molar-refractivity contribution in [2.24, 2.45) is 10.9 Å². The van der Waals surface area contributed by atoms with Crippen LogP contribution >= 0.6 is 0 Å². The van der Waals surface area contributed by atoms with E-state index in [1.807, 2.05) is 24.3 Å². The van der Waals surface area contributed by atoms with E-state index in [1.54, 1.807) is 12.1 Å². The SMILES string of the molecule is Cc1ccccc1C1=NC(c2ccc(-c3ccc(OC(F)(F)F)cc3)cc2)C(C)C1. The van der Waals surface area contributed by atoms with Gasteiger partial charge in [0.25, 0.3) is 0 Å². The highest BCUT2D eigenvalue weighted by Gasteiger charge is 2.31. The first-order valence-electron chi connectivity index (χ1n) is 9.89. The molecule has 2 nitrogen and oxygen atoms in total. The smallest absolute Gasteiger partial charge is 0.406 e. The van der Waals surface area contributed by atoms with Gasteiger partial charge in [-0.15, -0.1) is 13.2 Å². The van der Waals surface area contributed by atoms with Crippen LogP contribution in [0.1, 0.15) is 36.1 Å². The van der Waals surface area contributed by atoms with Crippen molar-refractivity contribution in [2.45, 2.75) is 32.7 Å². The van der Waals surface area contributed by atoms with Gasteiger partial charge in [-0.25, -0.2) is 0 Å². The topological polar surface area (TPSA) is 21.6 Å². The van der Waals surface area contributed by atoms with Crippen LogP contribution in [0, 0.1) is 12.8 Å². The van der Waals surface area contributed by atoms with Crippen molar-refractivity contribution in [1.82, 2.24) is 0 Å². The highest BCUT2D eigenvalue weighted by Crippen LogP contribution is 2.37. The highest BCUT2D eigenvalue weighted by molar-refractivity contribution is 6.03. The Bertz CT molecular complexity index is 1050. The average molecular weight is 409 g/mol. The van der Waals surface area contributed by atoms with E-state index in [0.717, 1.165) is 28.8 Å². The summed E-state index contributed by atoms with van der Waals surface area (Å²) in [7, 11) is 0. The molecule has 0 bridgehead atoms. The summed E-state index contributed by atoms with van der Waals surface area (Å²) in [6, 6.07) is 22.4. The normalized spacial score (nSPS) is 18.9. The van der Waals surface area contributed by atoms with E-state index in [2.05, 4.69) is 42.8 Å². The number of alkyl halides is 3. The molecular formula is C25H22F3NO. The zero-order chi connectivity index (χ0) is 21.3. The first-order valence-corrected chi connectivity index (χ1v) is 9.89. The molecule has 1 aliphatic heterocycles. The zero-order valence-electron chi connectivity index (χ0n) is 16.8. The lowest BCUT2D eigenvalue weighted by Gasteiger charge is -2.14. The maximum Gasteiger partial charge on any atom is 0.573 e. The first-order chi connectivity index (χ1) is 14.3. The minimum Gasteiger partial charge on any atom is -0.406 e.